The summed E-state index contributed by atoms with van der Waals surface area (Å²) >= 11 is 5.68. The molecule has 0 N–H and O–H groups in total. The molecule has 0 aliphatic rings. The predicted octanol–water partition coefficient (Wildman–Crippen LogP) is 2.55. The number of benzene rings is 1. The Morgan fingerprint density at radius 3 is 2.71 bits per heavy atom. The van der Waals surface area contributed by atoms with Gasteiger partial charge in [-0.05, 0) is 12.1 Å². The van der Waals surface area contributed by atoms with Crippen molar-refractivity contribution in [3.8, 4) is 0 Å². The van der Waals surface area contributed by atoms with Crippen molar-refractivity contribution >= 4 is 23.6 Å². The Labute approximate surface area is 85.6 Å². The zero-order valence-electron chi connectivity index (χ0n) is 7.44. The molecule has 1 atom stereocenters. The van der Waals surface area contributed by atoms with Gasteiger partial charge in [0.05, 0.1) is 4.92 Å². The van der Waals surface area contributed by atoms with Crippen LogP contribution in [0.1, 0.15) is 18.4 Å². The van der Waals surface area contributed by atoms with Crippen molar-refractivity contribution in [2.75, 3.05) is 0 Å². The standard InChI is InChI=1S/C9H8ClNO3/c1-6(5-12)8-4-7(10)2-3-9(8)11(13)14/h2-6H,1H3. The van der Waals surface area contributed by atoms with Gasteiger partial charge in [-0.3, -0.25) is 10.1 Å². The van der Waals surface area contributed by atoms with Crippen LogP contribution >= 0.6 is 11.6 Å². The number of carbonyl (C=O) groups excluding carboxylic acids is 1. The number of rotatable bonds is 3. The number of nitro benzene ring substituents is 1. The summed E-state index contributed by atoms with van der Waals surface area (Å²) in [5.41, 5.74) is 0.270. The molecule has 0 bridgehead atoms. The quantitative estimate of drug-likeness (QED) is 0.440. The van der Waals surface area contributed by atoms with Crippen LogP contribution in [0.4, 0.5) is 5.69 Å². The van der Waals surface area contributed by atoms with E-state index >= 15 is 0 Å². The summed E-state index contributed by atoms with van der Waals surface area (Å²) < 4.78 is 0. The van der Waals surface area contributed by atoms with Crippen molar-refractivity contribution in [2.24, 2.45) is 0 Å². The molecular formula is C9H8ClNO3. The first-order chi connectivity index (χ1) is 6.56. The maximum atomic E-state index is 10.6. The van der Waals surface area contributed by atoms with E-state index in [1.807, 2.05) is 0 Å². The van der Waals surface area contributed by atoms with Gasteiger partial charge < -0.3 is 4.79 Å². The Bertz CT molecular complexity index is 378. The zero-order chi connectivity index (χ0) is 10.7. The van der Waals surface area contributed by atoms with Crippen LogP contribution in [0.3, 0.4) is 0 Å². The molecule has 1 aromatic carbocycles. The number of aldehydes is 1. The third kappa shape index (κ3) is 2.09. The van der Waals surface area contributed by atoms with Gasteiger partial charge in [0.2, 0.25) is 0 Å². The molecule has 0 aliphatic heterocycles. The summed E-state index contributed by atoms with van der Waals surface area (Å²) in [6, 6.07) is 4.18. The fraction of sp³-hybridized carbons (Fsp3) is 0.222. The van der Waals surface area contributed by atoms with E-state index in [0.29, 0.717) is 16.9 Å². The van der Waals surface area contributed by atoms with Crippen LogP contribution in [0.5, 0.6) is 0 Å². The van der Waals surface area contributed by atoms with Crippen LogP contribution in [-0.4, -0.2) is 11.2 Å². The second kappa shape index (κ2) is 4.19. The highest BCUT2D eigenvalue weighted by atomic mass is 35.5. The molecule has 1 unspecified atom stereocenters. The van der Waals surface area contributed by atoms with E-state index < -0.39 is 10.8 Å². The molecule has 0 saturated heterocycles. The molecule has 0 aliphatic carbocycles. The van der Waals surface area contributed by atoms with Crippen molar-refractivity contribution in [1.29, 1.82) is 0 Å². The maximum absolute atomic E-state index is 10.6. The molecule has 0 amide bonds. The number of nitro groups is 1. The lowest BCUT2D eigenvalue weighted by molar-refractivity contribution is -0.385. The van der Waals surface area contributed by atoms with E-state index in [-0.39, 0.29) is 5.69 Å². The van der Waals surface area contributed by atoms with Gasteiger partial charge in [-0.15, -0.1) is 0 Å². The summed E-state index contributed by atoms with van der Waals surface area (Å²) in [6.07, 6.45) is 0.651. The SMILES string of the molecule is CC(C=O)c1cc(Cl)ccc1[N+](=O)[O-]. The van der Waals surface area contributed by atoms with Crippen LogP contribution in [-0.2, 0) is 4.79 Å². The van der Waals surface area contributed by atoms with E-state index in [1.165, 1.54) is 18.2 Å². The minimum Gasteiger partial charge on any atom is -0.303 e. The van der Waals surface area contributed by atoms with Gasteiger partial charge >= 0.3 is 0 Å². The van der Waals surface area contributed by atoms with Gasteiger partial charge in [0, 0.05) is 22.6 Å². The summed E-state index contributed by atoms with van der Waals surface area (Å²) in [4.78, 5) is 20.6. The smallest absolute Gasteiger partial charge is 0.273 e. The first kappa shape index (κ1) is 10.7. The van der Waals surface area contributed by atoms with E-state index in [9.17, 15) is 14.9 Å². The maximum Gasteiger partial charge on any atom is 0.273 e. The third-order valence-electron chi connectivity index (χ3n) is 1.88. The monoisotopic (exact) mass is 213 g/mol. The highest BCUT2D eigenvalue weighted by molar-refractivity contribution is 6.30. The topological polar surface area (TPSA) is 60.2 Å². The van der Waals surface area contributed by atoms with E-state index in [2.05, 4.69) is 0 Å². The van der Waals surface area contributed by atoms with Crippen LogP contribution in [0.25, 0.3) is 0 Å². The molecule has 1 rings (SSSR count). The van der Waals surface area contributed by atoms with Crippen molar-refractivity contribution in [3.63, 3.8) is 0 Å². The minimum atomic E-state index is -0.522. The molecule has 0 fully saturated rings. The van der Waals surface area contributed by atoms with Gasteiger partial charge in [-0.25, -0.2) is 0 Å². The second-order valence-corrected chi connectivity index (χ2v) is 3.32. The lowest BCUT2D eigenvalue weighted by Gasteiger charge is -2.05. The summed E-state index contributed by atoms with van der Waals surface area (Å²) in [6.45, 7) is 1.59. The molecule has 0 spiro atoms. The third-order valence-corrected chi connectivity index (χ3v) is 2.12. The molecule has 0 aromatic heterocycles. The molecule has 0 radical (unpaired) electrons. The van der Waals surface area contributed by atoms with E-state index in [1.54, 1.807) is 6.92 Å². The predicted molar refractivity (Wildman–Crippen MR) is 52.6 cm³/mol. The Morgan fingerprint density at radius 2 is 2.21 bits per heavy atom. The zero-order valence-corrected chi connectivity index (χ0v) is 8.19. The van der Waals surface area contributed by atoms with Gasteiger partial charge in [0.25, 0.3) is 5.69 Å². The normalized spacial score (nSPS) is 12.1. The average Bonchev–Trinajstić information content (AvgIpc) is 2.16. The average molecular weight is 214 g/mol. The lowest BCUT2D eigenvalue weighted by Crippen LogP contribution is -2.00. The van der Waals surface area contributed by atoms with E-state index in [4.69, 9.17) is 11.6 Å². The summed E-state index contributed by atoms with van der Waals surface area (Å²) in [5, 5.41) is 11.0. The van der Waals surface area contributed by atoms with Crippen molar-refractivity contribution < 1.29 is 9.72 Å². The Balaban J connectivity index is 3.29. The Kier molecular flexibility index (Phi) is 3.19. The second-order valence-electron chi connectivity index (χ2n) is 2.89. The number of nitrogens with zero attached hydrogens (tertiary/aromatic N) is 1. The highest BCUT2D eigenvalue weighted by Gasteiger charge is 2.18. The van der Waals surface area contributed by atoms with Gasteiger partial charge in [0.15, 0.2) is 0 Å². The largest absolute Gasteiger partial charge is 0.303 e. The first-order valence-corrected chi connectivity index (χ1v) is 4.33. The summed E-state index contributed by atoms with van der Waals surface area (Å²) in [7, 11) is 0. The molecular weight excluding hydrogens is 206 g/mol. The van der Waals surface area contributed by atoms with Crippen molar-refractivity contribution in [1.82, 2.24) is 0 Å². The van der Waals surface area contributed by atoms with Crippen molar-refractivity contribution in [2.45, 2.75) is 12.8 Å². The molecule has 0 heterocycles. The number of halogens is 1. The van der Waals surface area contributed by atoms with Crippen LogP contribution in [0, 0.1) is 10.1 Å². The Morgan fingerprint density at radius 1 is 1.57 bits per heavy atom. The van der Waals surface area contributed by atoms with Gasteiger partial charge in [-0.1, -0.05) is 18.5 Å². The number of hydrogen-bond donors (Lipinski definition) is 0. The van der Waals surface area contributed by atoms with E-state index in [0.717, 1.165) is 0 Å². The van der Waals surface area contributed by atoms with Crippen LogP contribution < -0.4 is 0 Å². The first-order valence-electron chi connectivity index (χ1n) is 3.95. The van der Waals surface area contributed by atoms with Crippen LogP contribution in [0.15, 0.2) is 18.2 Å². The van der Waals surface area contributed by atoms with Crippen LogP contribution in [0.2, 0.25) is 5.02 Å². The fourth-order valence-corrected chi connectivity index (χ4v) is 1.31. The molecule has 74 valence electrons. The number of hydrogen-bond acceptors (Lipinski definition) is 3. The molecule has 0 saturated carbocycles. The van der Waals surface area contributed by atoms with Gasteiger partial charge in [-0.2, -0.15) is 0 Å². The van der Waals surface area contributed by atoms with Crippen molar-refractivity contribution in [3.05, 3.63) is 38.9 Å². The highest BCUT2D eigenvalue weighted by Crippen LogP contribution is 2.28. The minimum absolute atomic E-state index is 0.0750. The molecule has 1 aromatic rings. The lowest BCUT2D eigenvalue weighted by atomic mass is 10.0. The van der Waals surface area contributed by atoms with Gasteiger partial charge in [0.1, 0.15) is 6.29 Å². The Hall–Kier alpha value is -1.42. The molecule has 5 heteroatoms. The molecule has 4 nitrogen and oxygen atoms in total. The fourth-order valence-electron chi connectivity index (χ4n) is 1.13. The molecule has 14 heavy (non-hydrogen) atoms. The number of carbonyl (C=O) groups is 1. The summed E-state index contributed by atoms with van der Waals surface area (Å²) in [5.74, 6) is -0.519.